The number of nitrogens with one attached hydrogen (secondary N) is 1. The Labute approximate surface area is 177 Å². The molecule has 1 aromatic heterocycles. The summed E-state index contributed by atoms with van der Waals surface area (Å²) in [5.74, 6) is 3.51. The Morgan fingerprint density at radius 2 is 1.93 bits per heavy atom. The van der Waals surface area contributed by atoms with Crippen molar-refractivity contribution in [3.05, 3.63) is 71.3 Å². The number of rotatable bonds is 6. The first kappa shape index (κ1) is 19.9. The molecule has 7 nitrogen and oxygen atoms in total. The first-order valence-corrected chi connectivity index (χ1v) is 10.3. The van der Waals surface area contributed by atoms with Crippen molar-refractivity contribution in [1.82, 2.24) is 20.1 Å². The molecule has 0 bridgehead atoms. The van der Waals surface area contributed by atoms with Gasteiger partial charge in [0.1, 0.15) is 18.1 Å². The lowest BCUT2D eigenvalue weighted by molar-refractivity contribution is 0.414. The molecule has 0 saturated carbocycles. The first-order chi connectivity index (χ1) is 14.7. The molecule has 0 unspecified atom stereocenters. The van der Waals surface area contributed by atoms with Gasteiger partial charge in [0.25, 0.3) is 0 Å². The highest BCUT2D eigenvalue weighted by Crippen LogP contribution is 2.27. The molecule has 156 valence electrons. The van der Waals surface area contributed by atoms with Crippen LogP contribution in [0.4, 0.5) is 5.69 Å². The van der Waals surface area contributed by atoms with Crippen LogP contribution in [0.25, 0.3) is 0 Å². The standard InChI is InChI=1S/C23H28N6O/c1-17-26-27-22(28(17)2)16-25-23(29-15-13-19-6-4-5-7-21(19)29)24-14-12-18-8-10-20(30-3)11-9-18/h4-11H,12-16H2,1-3H3,(H,24,25). The van der Waals surface area contributed by atoms with Gasteiger partial charge < -0.3 is 19.5 Å². The molecule has 0 atom stereocenters. The van der Waals surface area contributed by atoms with Crippen molar-refractivity contribution in [2.24, 2.45) is 12.0 Å². The highest BCUT2D eigenvalue weighted by Gasteiger charge is 2.22. The molecular formula is C23H28N6O. The predicted molar refractivity (Wildman–Crippen MR) is 119 cm³/mol. The van der Waals surface area contributed by atoms with Gasteiger partial charge in [-0.25, -0.2) is 4.99 Å². The zero-order chi connectivity index (χ0) is 20.9. The largest absolute Gasteiger partial charge is 0.497 e. The lowest BCUT2D eigenvalue weighted by Crippen LogP contribution is -2.41. The topological polar surface area (TPSA) is 67.6 Å². The monoisotopic (exact) mass is 404 g/mol. The Hall–Kier alpha value is -3.35. The Bertz CT molecular complexity index is 1020. The smallest absolute Gasteiger partial charge is 0.198 e. The number of aromatic nitrogens is 3. The number of nitrogens with zero attached hydrogens (tertiary/aromatic N) is 5. The van der Waals surface area contributed by atoms with Gasteiger partial charge >= 0.3 is 0 Å². The SMILES string of the molecule is COc1ccc(CCNC(=NCc2nnc(C)n2C)N2CCc3ccccc32)cc1. The van der Waals surface area contributed by atoms with Crippen LogP contribution in [0.2, 0.25) is 0 Å². The lowest BCUT2D eigenvalue weighted by atomic mass is 10.1. The second-order valence-electron chi connectivity index (χ2n) is 7.42. The molecule has 3 aromatic rings. The number of ether oxygens (including phenoxy) is 1. The normalized spacial score (nSPS) is 13.4. The molecule has 7 heteroatoms. The highest BCUT2D eigenvalue weighted by molar-refractivity contribution is 5.97. The molecule has 1 aliphatic rings. The van der Waals surface area contributed by atoms with Crippen LogP contribution in [0.5, 0.6) is 5.75 Å². The van der Waals surface area contributed by atoms with Crippen LogP contribution in [-0.2, 0) is 26.4 Å². The number of hydrogen-bond donors (Lipinski definition) is 1. The summed E-state index contributed by atoms with van der Waals surface area (Å²) in [5, 5.41) is 12.0. The zero-order valence-corrected chi connectivity index (χ0v) is 17.8. The van der Waals surface area contributed by atoms with E-state index in [1.54, 1.807) is 7.11 Å². The number of guanidine groups is 1. The van der Waals surface area contributed by atoms with Crippen LogP contribution in [0.15, 0.2) is 53.5 Å². The maximum Gasteiger partial charge on any atom is 0.198 e. The molecule has 1 aliphatic heterocycles. The fourth-order valence-corrected chi connectivity index (χ4v) is 3.64. The van der Waals surface area contributed by atoms with E-state index in [4.69, 9.17) is 9.73 Å². The van der Waals surface area contributed by atoms with Crippen molar-refractivity contribution < 1.29 is 4.74 Å². The minimum atomic E-state index is 0.487. The Morgan fingerprint density at radius 3 is 2.67 bits per heavy atom. The van der Waals surface area contributed by atoms with Crippen LogP contribution in [0.1, 0.15) is 22.8 Å². The number of hydrogen-bond acceptors (Lipinski definition) is 4. The molecule has 2 heterocycles. The maximum absolute atomic E-state index is 5.24. The third-order valence-electron chi connectivity index (χ3n) is 5.55. The van der Waals surface area contributed by atoms with Crippen LogP contribution in [0, 0.1) is 6.92 Å². The molecule has 0 amide bonds. The van der Waals surface area contributed by atoms with Crippen LogP contribution in [-0.4, -0.2) is 40.9 Å². The zero-order valence-electron chi connectivity index (χ0n) is 17.8. The second-order valence-corrected chi connectivity index (χ2v) is 7.42. The minimum absolute atomic E-state index is 0.487. The van der Waals surface area contributed by atoms with Gasteiger partial charge in [0.2, 0.25) is 0 Å². The molecule has 0 aliphatic carbocycles. The molecule has 0 fully saturated rings. The quantitative estimate of drug-likeness (QED) is 0.505. The average molecular weight is 405 g/mol. The summed E-state index contributed by atoms with van der Waals surface area (Å²) >= 11 is 0. The van der Waals surface area contributed by atoms with Gasteiger partial charge in [-0.2, -0.15) is 0 Å². The van der Waals surface area contributed by atoms with Crippen molar-refractivity contribution in [3.8, 4) is 5.75 Å². The molecule has 0 saturated heterocycles. The van der Waals surface area contributed by atoms with Crippen molar-refractivity contribution in [1.29, 1.82) is 0 Å². The lowest BCUT2D eigenvalue weighted by Gasteiger charge is -2.23. The second kappa shape index (κ2) is 8.98. The van der Waals surface area contributed by atoms with E-state index < -0.39 is 0 Å². The fraction of sp³-hybridized carbons (Fsp3) is 0.348. The third-order valence-corrected chi connectivity index (χ3v) is 5.55. The number of aryl methyl sites for hydroxylation is 1. The van der Waals surface area contributed by atoms with Crippen LogP contribution >= 0.6 is 0 Å². The Kier molecular flexibility index (Phi) is 5.97. The van der Waals surface area contributed by atoms with E-state index in [0.29, 0.717) is 6.54 Å². The van der Waals surface area contributed by atoms with Gasteiger partial charge in [0, 0.05) is 25.8 Å². The van der Waals surface area contributed by atoms with E-state index in [1.807, 2.05) is 30.7 Å². The molecule has 30 heavy (non-hydrogen) atoms. The van der Waals surface area contributed by atoms with E-state index >= 15 is 0 Å². The summed E-state index contributed by atoms with van der Waals surface area (Å²) in [6.45, 7) is 4.15. The summed E-state index contributed by atoms with van der Waals surface area (Å²) in [6, 6.07) is 16.7. The number of benzene rings is 2. The fourth-order valence-electron chi connectivity index (χ4n) is 3.64. The maximum atomic E-state index is 5.24. The summed E-state index contributed by atoms with van der Waals surface area (Å²) in [6.07, 6.45) is 1.93. The van der Waals surface area contributed by atoms with Gasteiger partial charge in [-0.05, 0) is 49.1 Å². The summed E-state index contributed by atoms with van der Waals surface area (Å²) < 4.78 is 7.23. The van der Waals surface area contributed by atoms with E-state index in [2.05, 4.69) is 56.8 Å². The number of para-hydroxylation sites is 1. The van der Waals surface area contributed by atoms with Gasteiger partial charge in [0.15, 0.2) is 11.8 Å². The summed E-state index contributed by atoms with van der Waals surface area (Å²) in [5.41, 5.74) is 3.84. The van der Waals surface area contributed by atoms with E-state index in [-0.39, 0.29) is 0 Å². The van der Waals surface area contributed by atoms with Gasteiger partial charge in [-0.3, -0.25) is 0 Å². The Balaban J connectivity index is 1.49. The molecular weight excluding hydrogens is 376 g/mol. The molecule has 4 rings (SSSR count). The van der Waals surface area contributed by atoms with Crippen LogP contribution < -0.4 is 15.0 Å². The van der Waals surface area contributed by atoms with Gasteiger partial charge in [0.05, 0.1) is 7.11 Å². The van der Waals surface area contributed by atoms with Crippen LogP contribution in [0.3, 0.4) is 0 Å². The predicted octanol–water partition coefficient (Wildman–Crippen LogP) is 2.88. The Morgan fingerprint density at radius 1 is 1.13 bits per heavy atom. The molecule has 0 radical (unpaired) electrons. The van der Waals surface area contributed by atoms with E-state index in [0.717, 1.165) is 49.3 Å². The molecule has 0 spiro atoms. The van der Waals surface area contributed by atoms with Crippen molar-refractivity contribution >= 4 is 11.6 Å². The number of fused-ring (bicyclic) bond motifs is 1. The van der Waals surface area contributed by atoms with E-state index in [1.165, 1.54) is 16.8 Å². The first-order valence-electron chi connectivity index (χ1n) is 10.3. The number of anilines is 1. The van der Waals surface area contributed by atoms with Gasteiger partial charge in [-0.15, -0.1) is 10.2 Å². The number of aliphatic imine (C=N–C) groups is 1. The molecule has 2 aromatic carbocycles. The average Bonchev–Trinajstić information content (AvgIpc) is 3.35. The molecule has 1 N–H and O–H groups in total. The van der Waals surface area contributed by atoms with Gasteiger partial charge in [-0.1, -0.05) is 30.3 Å². The van der Waals surface area contributed by atoms with Crippen molar-refractivity contribution in [2.75, 3.05) is 25.1 Å². The minimum Gasteiger partial charge on any atom is -0.497 e. The van der Waals surface area contributed by atoms with Crippen molar-refractivity contribution in [3.63, 3.8) is 0 Å². The summed E-state index contributed by atoms with van der Waals surface area (Å²) in [4.78, 5) is 7.17. The van der Waals surface area contributed by atoms with E-state index in [9.17, 15) is 0 Å². The number of methoxy groups -OCH3 is 1. The third kappa shape index (κ3) is 4.30. The summed E-state index contributed by atoms with van der Waals surface area (Å²) in [7, 11) is 3.66. The highest BCUT2D eigenvalue weighted by atomic mass is 16.5. The van der Waals surface area contributed by atoms with Crippen molar-refractivity contribution in [2.45, 2.75) is 26.3 Å².